The summed E-state index contributed by atoms with van der Waals surface area (Å²) in [6, 6.07) is 7.25. The molecule has 0 unspecified atom stereocenters. The van der Waals surface area contributed by atoms with Crippen LogP contribution in [0.5, 0.6) is 0 Å². The molecular formula is C18H18F3N5O. The molecule has 0 fully saturated rings. The molecule has 0 radical (unpaired) electrons. The van der Waals surface area contributed by atoms with Gasteiger partial charge < -0.3 is 11.5 Å². The van der Waals surface area contributed by atoms with Crippen molar-refractivity contribution in [2.24, 2.45) is 21.5 Å². The number of halogens is 3. The second-order valence-electron chi connectivity index (χ2n) is 6.40. The lowest BCUT2D eigenvalue weighted by molar-refractivity contribution is -0.167. The van der Waals surface area contributed by atoms with Gasteiger partial charge in [0.1, 0.15) is 24.1 Å². The van der Waals surface area contributed by atoms with Crippen LogP contribution in [0.3, 0.4) is 0 Å². The van der Waals surface area contributed by atoms with Crippen LogP contribution < -0.4 is 11.5 Å². The molecule has 0 spiro atoms. The number of hydroxylamine groups is 2. The predicted molar refractivity (Wildman–Crippen MR) is 95.7 cm³/mol. The van der Waals surface area contributed by atoms with E-state index in [-0.39, 0.29) is 35.2 Å². The van der Waals surface area contributed by atoms with Crippen LogP contribution in [0.15, 0.2) is 46.4 Å². The highest BCUT2D eigenvalue weighted by atomic mass is 19.1. The minimum absolute atomic E-state index is 0.00362. The maximum Gasteiger partial charge on any atom is 0.226 e. The van der Waals surface area contributed by atoms with Gasteiger partial charge in [-0.25, -0.2) is 18.2 Å². The van der Waals surface area contributed by atoms with Gasteiger partial charge in [-0.1, -0.05) is 18.2 Å². The molecule has 2 aromatic carbocycles. The zero-order valence-electron chi connectivity index (χ0n) is 14.7. The van der Waals surface area contributed by atoms with Gasteiger partial charge in [0.15, 0.2) is 5.66 Å². The summed E-state index contributed by atoms with van der Waals surface area (Å²) in [6.07, 6.45) is 0. The van der Waals surface area contributed by atoms with Crippen molar-refractivity contribution in [2.45, 2.75) is 26.1 Å². The first-order valence-corrected chi connectivity index (χ1v) is 8.04. The fraction of sp³-hybridized carbons (Fsp3) is 0.222. The summed E-state index contributed by atoms with van der Waals surface area (Å²) in [6.45, 7) is 3.12. The van der Waals surface area contributed by atoms with E-state index in [1.54, 1.807) is 13.8 Å². The largest absolute Gasteiger partial charge is 0.368 e. The Bertz CT molecular complexity index is 925. The van der Waals surface area contributed by atoms with Crippen molar-refractivity contribution >= 4 is 11.9 Å². The second-order valence-corrected chi connectivity index (χ2v) is 6.40. The van der Waals surface area contributed by atoms with Crippen molar-refractivity contribution in [3.63, 3.8) is 0 Å². The lowest BCUT2D eigenvalue weighted by Crippen LogP contribution is -2.53. The molecule has 9 heteroatoms. The molecule has 0 saturated heterocycles. The number of guanidine groups is 2. The maximum atomic E-state index is 14.9. The molecule has 1 heterocycles. The molecule has 142 valence electrons. The molecule has 1 aliphatic heterocycles. The van der Waals surface area contributed by atoms with Gasteiger partial charge in [0.2, 0.25) is 11.9 Å². The van der Waals surface area contributed by atoms with Crippen molar-refractivity contribution in [2.75, 3.05) is 0 Å². The highest BCUT2D eigenvalue weighted by molar-refractivity contribution is 5.95. The van der Waals surface area contributed by atoms with Crippen molar-refractivity contribution in [3.05, 3.63) is 59.4 Å². The fourth-order valence-corrected chi connectivity index (χ4v) is 2.74. The van der Waals surface area contributed by atoms with E-state index in [4.69, 9.17) is 16.3 Å². The molecule has 4 N–H and O–H groups in total. The highest BCUT2D eigenvalue weighted by Crippen LogP contribution is 2.29. The number of rotatable bonds is 4. The van der Waals surface area contributed by atoms with E-state index in [9.17, 15) is 13.2 Å². The first-order valence-electron chi connectivity index (χ1n) is 8.04. The Hall–Kier alpha value is -3.07. The lowest BCUT2D eigenvalue weighted by atomic mass is 10.0. The van der Waals surface area contributed by atoms with E-state index in [1.165, 1.54) is 23.3 Å². The molecule has 0 aromatic heterocycles. The zero-order valence-corrected chi connectivity index (χ0v) is 14.7. The standard InChI is InChI=1S/C18H18F3N5O/c1-18(2)25-16(22)24-17(23)26(18)27-9-11-5-8-13(20)14(15(11)21)10-3-6-12(19)7-4-10/h3-8H,9H2,1-2H3,(H4,22,23,24,25). The monoisotopic (exact) mass is 377 g/mol. The second kappa shape index (κ2) is 6.92. The van der Waals surface area contributed by atoms with Crippen molar-refractivity contribution < 1.29 is 18.0 Å². The van der Waals surface area contributed by atoms with Gasteiger partial charge >= 0.3 is 0 Å². The highest BCUT2D eigenvalue weighted by Gasteiger charge is 2.33. The lowest BCUT2D eigenvalue weighted by Gasteiger charge is -2.36. The third-order valence-corrected chi connectivity index (χ3v) is 3.98. The minimum atomic E-state index is -0.952. The molecule has 6 nitrogen and oxygen atoms in total. The zero-order chi connectivity index (χ0) is 19.8. The number of nitrogens with two attached hydrogens (primary N) is 2. The number of hydrogen-bond acceptors (Lipinski definition) is 6. The van der Waals surface area contributed by atoms with Crippen LogP contribution in [0.25, 0.3) is 11.1 Å². The smallest absolute Gasteiger partial charge is 0.226 e. The number of aliphatic imine (C=N–C) groups is 2. The summed E-state index contributed by atoms with van der Waals surface area (Å²) >= 11 is 0. The molecule has 0 saturated carbocycles. The molecule has 3 rings (SSSR count). The van der Waals surface area contributed by atoms with Crippen LogP contribution in [-0.2, 0) is 11.4 Å². The van der Waals surface area contributed by atoms with Crippen molar-refractivity contribution in [3.8, 4) is 11.1 Å². The van der Waals surface area contributed by atoms with Crippen LogP contribution in [0.1, 0.15) is 19.4 Å². The van der Waals surface area contributed by atoms with E-state index in [0.29, 0.717) is 0 Å². The molecule has 1 aliphatic rings. The van der Waals surface area contributed by atoms with E-state index in [2.05, 4.69) is 9.98 Å². The summed E-state index contributed by atoms with van der Waals surface area (Å²) in [5.74, 6) is -2.10. The Kier molecular flexibility index (Phi) is 4.79. The van der Waals surface area contributed by atoms with Crippen LogP contribution in [0, 0.1) is 17.5 Å². The van der Waals surface area contributed by atoms with Crippen molar-refractivity contribution in [1.29, 1.82) is 0 Å². The molecular weight excluding hydrogens is 359 g/mol. The fourth-order valence-electron chi connectivity index (χ4n) is 2.74. The Morgan fingerprint density at radius 3 is 2.33 bits per heavy atom. The molecule has 27 heavy (non-hydrogen) atoms. The first kappa shape index (κ1) is 18.7. The summed E-state index contributed by atoms with van der Waals surface area (Å²) < 4.78 is 42.2. The van der Waals surface area contributed by atoms with Gasteiger partial charge in [-0.15, -0.1) is 0 Å². The topological polar surface area (TPSA) is 89.2 Å². The third kappa shape index (κ3) is 3.72. The average molecular weight is 377 g/mol. The number of nitrogens with zero attached hydrogens (tertiary/aromatic N) is 3. The molecule has 0 aliphatic carbocycles. The number of hydrogen-bond donors (Lipinski definition) is 2. The number of benzene rings is 2. The van der Waals surface area contributed by atoms with Gasteiger partial charge in [0.25, 0.3) is 0 Å². The summed E-state index contributed by atoms with van der Waals surface area (Å²) in [5, 5.41) is 1.20. The first-order chi connectivity index (χ1) is 12.7. The summed E-state index contributed by atoms with van der Waals surface area (Å²) in [7, 11) is 0. The van der Waals surface area contributed by atoms with E-state index in [0.717, 1.165) is 18.2 Å². The normalized spacial score (nSPS) is 16.1. The minimum Gasteiger partial charge on any atom is -0.368 e. The molecule has 2 aromatic rings. The van der Waals surface area contributed by atoms with Gasteiger partial charge in [0, 0.05) is 5.56 Å². The average Bonchev–Trinajstić information content (AvgIpc) is 2.56. The molecule has 0 atom stereocenters. The maximum absolute atomic E-state index is 14.9. The van der Waals surface area contributed by atoms with Crippen LogP contribution in [0.2, 0.25) is 0 Å². The van der Waals surface area contributed by atoms with E-state index < -0.39 is 23.1 Å². The SMILES string of the molecule is CC1(C)N=C(N)N=C(N)N1OCc1ccc(F)c(-c2ccc(F)cc2)c1F. The molecule has 0 bridgehead atoms. The van der Waals surface area contributed by atoms with Crippen LogP contribution >= 0.6 is 0 Å². The predicted octanol–water partition coefficient (Wildman–Crippen LogP) is 2.88. The Labute approximate surface area is 153 Å². The van der Waals surface area contributed by atoms with E-state index >= 15 is 0 Å². The van der Waals surface area contributed by atoms with Gasteiger partial charge in [0.05, 0.1) is 5.56 Å². The quantitative estimate of drug-likeness (QED) is 0.857. The van der Waals surface area contributed by atoms with Crippen molar-refractivity contribution in [1.82, 2.24) is 5.06 Å². The summed E-state index contributed by atoms with van der Waals surface area (Å²) in [4.78, 5) is 13.5. The Balaban J connectivity index is 1.88. The van der Waals surface area contributed by atoms with Gasteiger partial charge in [-0.2, -0.15) is 10.1 Å². The van der Waals surface area contributed by atoms with E-state index in [1.807, 2.05) is 0 Å². The van der Waals surface area contributed by atoms with Gasteiger partial charge in [-0.3, -0.25) is 4.84 Å². The third-order valence-electron chi connectivity index (χ3n) is 3.98. The Morgan fingerprint density at radius 2 is 1.70 bits per heavy atom. The van der Waals surface area contributed by atoms with Crippen LogP contribution in [-0.4, -0.2) is 22.6 Å². The summed E-state index contributed by atoms with van der Waals surface area (Å²) in [5.41, 5.74) is 10.5. The Morgan fingerprint density at radius 1 is 1.04 bits per heavy atom. The van der Waals surface area contributed by atoms with Gasteiger partial charge in [-0.05, 0) is 37.6 Å². The van der Waals surface area contributed by atoms with Crippen LogP contribution in [0.4, 0.5) is 13.2 Å². The molecule has 0 amide bonds.